The van der Waals surface area contributed by atoms with Crippen LogP contribution in [-0.2, 0) is 13.1 Å². The zero-order chi connectivity index (χ0) is 11.9. The Labute approximate surface area is 101 Å². The van der Waals surface area contributed by atoms with Crippen LogP contribution in [-0.4, -0.2) is 23.2 Å². The molecule has 2 rings (SSSR count). The fourth-order valence-electron chi connectivity index (χ4n) is 1.65. The number of benzene rings is 1. The van der Waals surface area contributed by atoms with E-state index in [1.807, 2.05) is 49.8 Å². The third-order valence-corrected chi connectivity index (χ3v) is 2.48. The summed E-state index contributed by atoms with van der Waals surface area (Å²) in [6, 6.07) is 9.84. The van der Waals surface area contributed by atoms with Crippen molar-refractivity contribution >= 4 is 0 Å². The van der Waals surface area contributed by atoms with Gasteiger partial charge in [0.2, 0.25) is 0 Å². The molecule has 4 nitrogen and oxygen atoms in total. The highest BCUT2D eigenvalue weighted by Crippen LogP contribution is 2.08. The van der Waals surface area contributed by atoms with Gasteiger partial charge < -0.3 is 14.6 Å². The van der Waals surface area contributed by atoms with Gasteiger partial charge in [0.1, 0.15) is 18.2 Å². The van der Waals surface area contributed by atoms with Gasteiger partial charge in [-0.2, -0.15) is 0 Å². The van der Waals surface area contributed by atoms with E-state index in [0.29, 0.717) is 6.61 Å². The Bertz CT molecular complexity index is 439. The average molecular weight is 231 g/mol. The van der Waals surface area contributed by atoms with Crippen molar-refractivity contribution in [3.63, 3.8) is 0 Å². The molecule has 1 heterocycles. The molecule has 90 valence electrons. The summed E-state index contributed by atoms with van der Waals surface area (Å²) in [7, 11) is 1.92. The topological polar surface area (TPSA) is 39.1 Å². The van der Waals surface area contributed by atoms with Gasteiger partial charge in [0.15, 0.2) is 0 Å². The lowest BCUT2D eigenvalue weighted by atomic mass is 10.3. The molecule has 4 heteroatoms. The van der Waals surface area contributed by atoms with E-state index < -0.39 is 0 Å². The number of imidazole rings is 1. The molecule has 0 aliphatic carbocycles. The highest BCUT2D eigenvalue weighted by Gasteiger charge is 2.01. The number of ether oxygens (including phenoxy) is 1. The van der Waals surface area contributed by atoms with E-state index in [4.69, 9.17) is 4.74 Å². The monoisotopic (exact) mass is 231 g/mol. The second kappa shape index (κ2) is 6.06. The Morgan fingerprint density at radius 3 is 2.88 bits per heavy atom. The van der Waals surface area contributed by atoms with Crippen molar-refractivity contribution < 1.29 is 4.74 Å². The fourth-order valence-corrected chi connectivity index (χ4v) is 1.65. The van der Waals surface area contributed by atoms with Crippen LogP contribution in [0, 0.1) is 0 Å². The minimum atomic E-state index is 0.650. The van der Waals surface area contributed by atoms with Gasteiger partial charge in [-0.1, -0.05) is 18.2 Å². The predicted octanol–water partition coefficient (Wildman–Crippen LogP) is 1.68. The molecule has 2 aromatic rings. The summed E-state index contributed by atoms with van der Waals surface area (Å²) in [6.07, 6.45) is 3.79. The maximum Gasteiger partial charge on any atom is 0.122 e. The molecule has 17 heavy (non-hydrogen) atoms. The summed E-state index contributed by atoms with van der Waals surface area (Å²) in [6.45, 7) is 2.24. The molecule has 1 aromatic carbocycles. The highest BCUT2D eigenvalue weighted by atomic mass is 16.5. The zero-order valence-electron chi connectivity index (χ0n) is 9.97. The molecular weight excluding hydrogens is 214 g/mol. The maximum absolute atomic E-state index is 5.64. The Hall–Kier alpha value is -1.81. The minimum absolute atomic E-state index is 0.650. The first kappa shape index (κ1) is 11.7. The van der Waals surface area contributed by atoms with Crippen LogP contribution in [0.2, 0.25) is 0 Å². The molecule has 0 aliphatic rings. The molecule has 0 radical (unpaired) electrons. The SMILES string of the molecule is CNCc1nccn1CCOc1ccccc1. The van der Waals surface area contributed by atoms with E-state index in [-0.39, 0.29) is 0 Å². The maximum atomic E-state index is 5.64. The predicted molar refractivity (Wildman–Crippen MR) is 66.9 cm³/mol. The number of hydrogen-bond acceptors (Lipinski definition) is 3. The van der Waals surface area contributed by atoms with Gasteiger partial charge in [-0.25, -0.2) is 4.98 Å². The van der Waals surface area contributed by atoms with Crippen LogP contribution in [0.5, 0.6) is 5.75 Å². The molecule has 0 unspecified atom stereocenters. The van der Waals surface area contributed by atoms with Crippen molar-refractivity contribution in [2.45, 2.75) is 13.1 Å². The molecule has 0 bridgehead atoms. The van der Waals surface area contributed by atoms with Crippen molar-refractivity contribution in [2.24, 2.45) is 0 Å². The first-order valence-corrected chi connectivity index (χ1v) is 5.72. The van der Waals surface area contributed by atoms with Crippen molar-refractivity contribution in [3.05, 3.63) is 48.5 Å². The Kier molecular flexibility index (Phi) is 4.16. The first-order chi connectivity index (χ1) is 8.40. The molecule has 0 spiro atoms. The first-order valence-electron chi connectivity index (χ1n) is 5.72. The second-order valence-corrected chi connectivity index (χ2v) is 3.73. The fraction of sp³-hybridized carbons (Fsp3) is 0.308. The third-order valence-electron chi connectivity index (χ3n) is 2.48. The van der Waals surface area contributed by atoms with Crippen LogP contribution < -0.4 is 10.1 Å². The van der Waals surface area contributed by atoms with Crippen LogP contribution in [0.4, 0.5) is 0 Å². The van der Waals surface area contributed by atoms with E-state index in [1.54, 1.807) is 0 Å². The summed E-state index contributed by atoms with van der Waals surface area (Å²) < 4.78 is 7.74. The minimum Gasteiger partial charge on any atom is -0.492 e. The van der Waals surface area contributed by atoms with Crippen LogP contribution >= 0.6 is 0 Å². The van der Waals surface area contributed by atoms with Gasteiger partial charge in [-0.3, -0.25) is 0 Å². The van der Waals surface area contributed by atoms with E-state index in [0.717, 1.165) is 24.7 Å². The molecule has 0 saturated heterocycles. The number of para-hydroxylation sites is 1. The lowest BCUT2D eigenvalue weighted by Gasteiger charge is -2.09. The van der Waals surface area contributed by atoms with Crippen LogP contribution in [0.15, 0.2) is 42.7 Å². The van der Waals surface area contributed by atoms with Crippen molar-refractivity contribution in [1.82, 2.24) is 14.9 Å². The van der Waals surface area contributed by atoms with Crippen molar-refractivity contribution in [3.8, 4) is 5.75 Å². The van der Waals surface area contributed by atoms with Gasteiger partial charge in [-0.15, -0.1) is 0 Å². The molecule has 0 fully saturated rings. The molecule has 1 aromatic heterocycles. The van der Waals surface area contributed by atoms with Crippen molar-refractivity contribution in [2.75, 3.05) is 13.7 Å². The summed E-state index contributed by atoms with van der Waals surface area (Å²) in [4.78, 5) is 4.28. The number of nitrogens with zero attached hydrogens (tertiary/aromatic N) is 2. The van der Waals surface area contributed by atoms with Crippen LogP contribution in [0.25, 0.3) is 0 Å². The lowest BCUT2D eigenvalue weighted by molar-refractivity contribution is 0.296. The third kappa shape index (κ3) is 3.32. The summed E-state index contributed by atoms with van der Waals surface area (Å²) in [5.74, 6) is 1.94. The molecule has 1 N–H and O–H groups in total. The lowest BCUT2D eigenvalue weighted by Crippen LogP contribution is -2.15. The van der Waals surface area contributed by atoms with Gasteiger partial charge in [0.25, 0.3) is 0 Å². The number of rotatable bonds is 6. The number of aromatic nitrogens is 2. The smallest absolute Gasteiger partial charge is 0.122 e. The van der Waals surface area contributed by atoms with Gasteiger partial charge in [-0.05, 0) is 19.2 Å². The van der Waals surface area contributed by atoms with E-state index >= 15 is 0 Å². The molecule has 0 amide bonds. The van der Waals surface area contributed by atoms with Gasteiger partial charge >= 0.3 is 0 Å². The molecular formula is C13H17N3O. The number of nitrogens with one attached hydrogen (secondary N) is 1. The Balaban J connectivity index is 1.84. The molecule has 0 atom stereocenters. The van der Waals surface area contributed by atoms with E-state index in [9.17, 15) is 0 Å². The van der Waals surface area contributed by atoms with E-state index in [1.165, 1.54) is 0 Å². The Morgan fingerprint density at radius 1 is 1.29 bits per heavy atom. The summed E-state index contributed by atoms with van der Waals surface area (Å²) in [5.41, 5.74) is 0. The highest BCUT2D eigenvalue weighted by molar-refractivity contribution is 5.20. The van der Waals surface area contributed by atoms with E-state index in [2.05, 4.69) is 14.9 Å². The second-order valence-electron chi connectivity index (χ2n) is 3.73. The summed E-state index contributed by atoms with van der Waals surface area (Å²) in [5, 5.41) is 3.09. The zero-order valence-corrected chi connectivity index (χ0v) is 9.97. The Morgan fingerprint density at radius 2 is 2.12 bits per heavy atom. The summed E-state index contributed by atoms with van der Waals surface area (Å²) >= 11 is 0. The standard InChI is InChI=1S/C13H17N3O/c1-14-11-13-15-7-8-16(13)9-10-17-12-5-3-2-4-6-12/h2-8,14H,9-11H2,1H3. The van der Waals surface area contributed by atoms with Gasteiger partial charge in [0, 0.05) is 12.4 Å². The number of hydrogen-bond donors (Lipinski definition) is 1. The van der Waals surface area contributed by atoms with Crippen molar-refractivity contribution in [1.29, 1.82) is 0 Å². The average Bonchev–Trinajstić information content (AvgIpc) is 2.79. The normalized spacial score (nSPS) is 10.4. The molecule has 0 aliphatic heterocycles. The largest absolute Gasteiger partial charge is 0.492 e. The van der Waals surface area contributed by atoms with Crippen LogP contribution in [0.1, 0.15) is 5.82 Å². The molecule has 0 saturated carbocycles. The quantitative estimate of drug-likeness (QED) is 0.822. The van der Waals surface area contributed by atoms with Gasteiger partial charge in [0.05, 0.1) is 13.1 Å². The van der Waals surface area contributed by atoms with Crippen LogP contribution in [0.3, 0.4) is 0 Å².